The van der Waals surface area contributed by atoms with Crippen molar-refractivity contribution in [1.82, 2.24) is 9.97 Å². The van der Waals surface area contributed by atoms with Crippen LogP contribution in [0.5, 0.6) is 0 Å². The van der Waals surface area contributed by atoms with Gasteiger partial charge in [0, 0.05) is 18.0 Å². The summed E-state index contributed by atoms with van der Waals surface area (Å²) in [5.41, 5.74) is 4.95. The summed E-state index contributed by atoms with van der Waals surface area (Å²) in [7, 11) is 0. The highest BCUT2D eigenvalue weighted by atomic mass is 14.9. The van der Waals surface area contributed by atoms with Crippen molar-refractivity contribution >= 4 is 0 Å². The third-order valence-electron chi connectivity index (χ3n) is 3.76. The fourth-order valence-corrected chi connectivity index (χ4v) is 2.56. The molecule has 0 saturated carbocycles. The van der Waals surface area contributed by atoms with Crippen LogP contribution in [0.2, 0.25) is 0 Å². The topological polar surface area (TPSA) is 25.8 Å². The van der Waals surface area contributed by atoms with Crippen LogP contribution in [-0.2, 0) is 6.42 Å². The first-order valence-electron chi connectivity index (χ1n) is 7.55. The molecule has 0 fully saturated rings. The van der Waals surface area contributed by atoms with Crippen molar-refractivity contribution in [2.75, 3.05) is 0 Å². The van der Waals surface area contributed by atoms with Gasteiger partial charge in [0.15, 0.2) is 5.82 Å². The average Bonchev–Trinajstić information content (AvgIpc) is 2.54. The lowest BCUT2D eigenvalue weighted by molar-refractivity contribution is 0.906. The van der Waals surface area contributed by atoms with Crippen LogP contribution in [0.15, 0.2) is 60.5 Å². The van der Waals surface area contributed by atoms with E-state index in [1.807, 2.05) is 18.5 Å². The third kappa shape index (κ3) is 3.66. The normalized spacial score (nSPS) is 14.0. The molecule has 0 amide bonds. The Morgan fingerprint density at radius 1 is 1.05 bits per heavy atom. The molecular formula is C19H20N2. The molecule has 0 radical (unpaired) electrons. The van der Waals surface area contributed by atoms with Crippen molar-refractivity contribution in [2.45, 2.75) is 32.6 Å². The Labute approximate surface area is 126 Å². The molecule has 0 N–H and O–H groups in total. The van der Waals surface area contributed by atoms with Crippen LogP contribution < -0.4 is 0 Å². The second-order valence-electron chi connectivity index (χ2n) is 5.54. The lowest BCUT2D eigenvalue weighted by Crippen LogP contribution is -1.95. The van der Waals surface area contributed by atoms with Gasteiger partial charge in [0.2, 0.25) is 0 Å². The van der Waals surface area contributed by atoms with E-state index >= 15 is 0 Å². The highest BCUT2D eigenvalue weighted by Gasteiger charge is 2.03. The molecule has 1 aliphatic carbocycles. The molecule has 1 aliphatic rings. The smallest absolute Gasteiger partial charge is 0.159 e. The SMILES string of the molecule is Cc1cccc(-c2ncc(CCC3=CCCC=C3)cn2)c1. The van der Waals surface area contributed by atoms with Gasteiger partial charge in [-0.05, 0) is 44.2 Å². The summed E-state index contributed by atoms with van der Waals surface area (Å²) < 4.78 is 0. The van der Waals surface area contributed by atoms with Crippen LogP contribution in [0.25, 0.3) is 11.4 Å². The van der Waals surface area contributed by atoms with Gasteiger partial charge in [0.05, 0.1) is 0 Å². The van der Waals surface area contributed by atoms with Crippen molar-refractivity contribution in [3.8, 4) is 11.4 Å². The Kier molecular flexibility index (Phi) is 4.25. The molecule has 0 aliphatic heterocycles. The standard InChI is InChI=1S/C19H20N2/c1-15-6-5-9-18(12-15)19-20-13-17(14-21-19)11-10-16-7-3-2-4-8-16/h3,5-9,12-14H,2,4,10-11H2,1H3. The minimum atomic E-state index is 0.805. The molecule has 1 heterocycles. The first-order valence-corrected chi connectivity index (χ1v) is 7.55. The van der Waals surface area contributed by atoms with Crippen molar-refractivity contribution < 1.29 is 0 Å². The Morgan fingerprint density at radius 2 is 1.90 bits per heavy atom. The molecule has 2 aromatic rings. The zero-order valence-electron chi connectivity index (χ0n) is 12.4. The molecule has 106 valence electrons. The largest absolute Gasteiger partial charge is 0.236 e. The van der Waals surface area contributed by atoms with Crippen LogP contribution >= 0.6 is 0 Å². The summed E-state index contributed by atoms with van der Waals surface area (Å²) in [6, 6.07) is 8.30. The molecular weight excluding hydrogens is 256 g/mol. The van der Waals surface area contributed by atoms with E-state index in [9.17, 15) is 0 Å². The number of allylic oxidation sites excluding steroid dienone is 4. The molecule has 3 rings (SSSR count). The molecule has 0 bridgehead atoms. The van der Waals surface area contributed by atoms with Crippen LogP contribution in [0, 0.1) is 6.92 Å². The predicted molar refractivity (Wildman–Crippen MR) is 87.0 cm³/mol. The molecule has 0 spiro atoms. The first-order chi connectivity index (χ1) is 10.3. The molecule has 1 aromatic carbocycles. The van der Waals surface area contributed by atoms with Crippen molar-refractivity contribution in [2.24, 2.45) is 0 Å². The second kappa shape index (κ2) is 6.49. The molecule has 0 atom stereocenters. The fraction of sp³-hybridized carbons (Fsp3) is 0.263. The molecule has 2 nitrogen and oxygen atoms in total. The summed E-state index contributed by atoms with van der Waals surface area (Å²) >= 11 is 0. The van der Waals surface area contributed by atoms with E-state index in [0.717, 1.165) is 24.2 Å². The van der Waals surface area contributed by atoms with E-state index in [0.29, 0.717) is 0 Å². The van der Waals surface area contributed by atoms with Gasteiger partial charge in [-0.15, -0.1) is 0 Å². The van der Waals surface area contributed by atoms with E-state index in [2.05, 4.69) is 53.3 Å². The average molecular weight is 276 g/mol. The summed E-state index contributed by atoms with van der Waals surface area (Å²) in [6.45, 7) is 2.09. The van der Waals surface area contributed by atoms with Crippen LogP contribution in [0.1, 0.15) is 30.4 Å². The van der Waals surface area contributed by atoms with Gasteiger partial charge in [0.1, 0.15) is 0 Å². The number of aryl methyl sites for hydroxylation is 2. The predicted octanol–water partition coefficient (Wildman–Crippen LogP) is 4.66. The van der Waals surface area contributed by atoms with Gasteiger partial charge in [-0.1, -0.05) is 47.6 Å². The minimum absolute atomic E-state index is 0.805. The lowest BCUT2D eigenvalue weighted by Gasteiger charge is -2.07. The van der Waals surface area contributed by atoms with Gasteiger partial charge in [-0.25, -0.2) is 9.97 Å². The second-order valence-corrected chi connectivity index (χ2v) is 5.54. The van der Waals surface area contributed by atoms with Gasteiger partial charge in [-0.2, -0.15) is 0 Å². The molecule has 1 aromatic heterocycles. The highest BCUT2D eigenvalue weighted by Crippen LogP contribution is 2.18. The summed E-state index contributed by atoms with van der Waals surface area (Å²) in [5, 5.41) is 0. The lowest BCUT2D eigenvalue weighted by atomic mass is 10.0. The number of aromatic nitrogens is 2. The first kappa shape index (κ1) is 13.7. The van der Waals surface area contributed by atoms with Crippen molar-refractivity contribution in [3.05, 3.63) is 71.6 Å². The molecule has 0 saturated heterocycles. The quantitative estimate of drug-likeness (QED) is 0.811. The van der Waals surface area contributed by atoms with Crippen LogP contribution in [0.3, 0.4) is 0 Å². The maximum Gasteiger partial charge on any atom is 0.159 e. The number of benzene rings is 1. The Bertz CT molecular complexity index is 666. The molecule has 0 unspecified atom stereocenters. The van der Waals surface area contributed by atoms with E-state index in [1.54, 1.807) is 0 Å². The van der Waals surface area contributed by atoms with E-state index < -0.39 is 0 Å². The van der Waals surface area contributed by atoms with Gasteiger partial charge in [-0.3, -0.25) is 0 Å². The zero-order valence-corrected chi connectivity index (χ0v) is 12.4. The molecule has 21 heavy (non-hydrogen) atoms. The van der Waals surface area contributed by atoms with Gasteiger partial charge >= 0.3 is 0 Å². The third-order valence-corrected chi connectivity index (χ3v) is 3.76. The minimum Gasteiger partial charge on any atom is -0.236 e. The maximum atomic E-state index is 4.51. The van der Waals surface area contributed by atoms with E-state index in [4.69, 9.17) is 0 Å². The molecule has 2 heteroatoms. The number of rotatable bonds is 4. The van der Waals surface area contributed by atoms with Crippen LogP contribution in [0.4, 0.5) is 0 Å². The van der Waals surface area contributed by atoms with Crippen molar-refractivity contribution in [3.63, 3.8) is 0 Å². The highest BCUT2D eigenvalue weighted by molar-refractivity contribution is 5.55. The summed E-state index contributed by atoms with van der Waals surface area (Å²) in [4.78, 5) is 9.01. The Balaban J connectivity index is 1.66. The van der Waals surface area contributed by atoms with Gasteiger partial charge < -0.3 is 0 Å². The van der Waals surface area contributed by atoms with Crippen molar-refractivity contribution in [1.29, 1.82) is 0 Å². The summed E-state index contributed by atoms with van der Waals surface area (Å²) in [6.07, 6.45) is 15.2. The fourth-order valence-electron chi connectivity index (χ4n) is 2.56. The Hall–Kier alpha value is -2.22. The monoisotopic (exact) mass is 276 g/mol. The number of hydrogen-bond donors (Lipinski definition) is 0. The zero-order chi connectivity index (χ0) is 14.5. The maximum absolute atomic E-state index is 4.51. The van der Waals surface area contributed by atoms with E-state index in [-0.39, 0.29) is 0 Å². The summed E-state index contributed by atoms with van der Waals surface area (Å²) in [5.74, 6) is 0.805. The van der Waals surface area contributed by atoms with E-state index in [1.165, 1.54) is 29.5 Å². The number of nitrogens with zero attached hydrogens (tertiary/aromatic N) is 2. The van der Waals surface area contributed by atoms with Crippen LogP contribution in [-0.4, -0.2) is 9.97 Å². The number of hydrogen-bond acceptors (Lipinski definition) is 2. The van der Waals surface area contributed by atoms with Gasteiger partial charge in [0.25, 0.3) is 0 Å². The Morgan fingerprint density at radius 3 is 2.62 bits per heavy atom.